The van der Waals surface area contributed by atoms with Crippen molar-refractivity contribution < 1.29 is 58.8 Å². The number of aliphatic carboxylic acids is 4. The van der Waals surface area contributed by atoms with Crippen LogP contribution in [0, 0.1) is 17.8 Å². The number of amides is 5. The van der Waals surface area contributed by atoms with Gasteiger partial charge in [-0.2, -0.15) is 0 Å². The molecule has 17 nitrogen and oxygen atoms in total. The lowest BCUT2D eigenvalue weighted by Crippen LogP contribution is -2.51. The first-order valence-corrected chi connectivity index (χ1v) is 17.6. The fourth-order valence-corrected chi connectivity index (χ4v) is 5.00. The molecular weight excluding hydrogens is 694 g/mol. The molecule has 3 atom stereocenters. The molecule has 0 aliphatic rings. The van der Waals surface area contributed by atoms with E-state index in [1.54, 1.807) is 39.8 Å². The van der Waals surface area contributed by atoms with Crippen LogP contribution in [0.4, 0.5) is 4.79 Å². The number of unbranched alkanes of at least 4 members (excludes halogenated alkanes) is 2. The molecule has 53 heavy (non-hydrogen) atoms. The average Bonchev–Trinajstić information content (AvgIpc) is 3.07. The summed E-state index contributed by atoms with van der Waals surface area (Å²) in [5.74, 6) is -6.25. The van der Waals surface area contributed by atoms with Crippen molar-refractivity contribution in [3.8, 4) is 0 Å². The summed E-state index contributed by atoms with van der Waals surface area (Å²) in [4.78, 5) is 96.1. The van der Waals surface area contributed by atoms with Gasteiger partial charge in [0.15, 0.2) is 0 Å². The smallest absolute Gasteiger partial charge is 0.326 e. The number of aryl methyl sites for hydroxylation is 1. The lowest BCUT2D eigenvalue weighted by atomic mass is 9.78. The fraction of sp³-hybridized carbons (Fsp3) is 0.611. The maximum atomic E-state index is 13.1. The monoisotopic (exact) mass is 749 g/mol. The van der Waals surface area contributed by atoms with Crippen molar-refractivity contribution >= 4 is 47.6 Å². The van der Waals surface area contributed by atoms with Gasteiger partial charge in [-0.05, 0) is 76.8 Å². The first kappa shape index (κ1) is 45.8. The number of hydrogen-bond acceptors (Lipinski definition) is 8. The minimum absolute atomic E-state index is 0.0277. The zero-order valence-corrected chi connectivity index (χ0v) is 31.1. The first-order chi connectivity index (χ1) is 24.7. The van der Waals surface area contributed by atoms with Gasteiger partial charge in [-0.3, -0.25) is 19.2 Å². The highest BCUT2D eigenvalue weighted by Crippen LogP contribution is 2.31. The third-order valence-corrected chi connectivity index (χ3v) is 8.79. The van der Waals surface area contributed by atoms with Crippen molar-refractivity contribution in [1.29, 1.82) is 0 Å². The molecule has 1 aromatic carbocycles. The number of benzene rings is 1. The van der Waals surface area contributed by atoms with Crippen molar-refractivity contribution in [2.24, 2.45) is 10.8 Å². The van der Waals surface area contributed by atoms with Crippen LogP contribution in [0.5, 0.6) is 0 Å². The molecule has 0 aliphatic carbocycles. The van der Waals surface area contributed by atoms with Gasteiger partial charge in [0.1, 0.15) is 18.1 Å². The van der Waals surface area contributed by atoms with Crippen LogP contribution in [-0.4, -0.2) is 99.3 Å². The number of carbonyl (C=O) groups is 8. The number of urea groups is 1. The van der Waals surface area contributed by atoms with E-state index in [0.717, 1.165) is 5.56 Å². The maximum Gasteiger partial charge on any atom is 0.326 e. The van der Waals surface area contributed by atoms with Gasteiger partial charge in [0.25, 0.3) is 5.91 Å². The molecular formula is C36H55N5O12. The molecule has 9 N–H and O–H groups in total. The summed E-state index contributed by atoms with van der Waals surface area (Å²) < 4.78 is 0. The number of hydrogen-bond donors (Lipinski definition) is 9. The van der Waals surface area contributed by atoms with Crippen molar-refractivity contribution in [3.63, 3.8) is 0 Å². The normalized spacial score (nSPS) is 13.1. The Kier molecular flexibility index (Phi) is 19.0. The number of carboxylic acid groups (broad SMARTS) is 4. The molecule has 0 aromatic heterocycles. The predicted molar refractivity (Wildman–Crippen MR) is 192 cm³/mol. The van der Waals surface area contributed by atoms with E-state index in [1.165, 1.54) is 0 Å². The van der Waals surface area contributed by atoms with Gasteiger partial charge in [-0.15, -0.1) is 0 Å². The Morgan fingerprint density at radius 2 is 1.02 bits per heavy atom. The summed E-state index contributed by atoms with van der Waals surface area (Å²) >= 11 is 0. The number of rotatable bonds is 25. The number of nitrogens with one attached hydrogen (secondary N) is 5. The standard InChI is InChI=1S/C36H55N5O12/c1-22-12-14-23(15-13-22)28(44)37-20-8-6-10-24(29(45)46)39-33(52)36(4,5)19-18-35(2,3)32(51)38-21-9-7-11-25(30(47)48)40-34(53)41-26(31(49)50)16-17-27(42)43/h12-15,24-26H,6-11,16-21H2,1-5H3,(H,37,44)(H,38,51)(H,39,52)(H,42,43)(H,45,46)(H,47,48)(H,49,50)(H2,40,41,53)/t24?,25-,26?/m0/s1. The highest BCUT2D eigenvalue weighted by Gasteiger charge is 2.35. The molecule has 0 aliphatic heterocycles. The van der Waals surface area contributed by atoms with E-state index in [0.29, 0.717) is 37.8 Å². The zero-order chi connectivity index (χ0) is 40.4. The Balaban J connectivity index is 2.50. The summed E-state index contributed by atoms with van der Waals surface area (Å²) in [5.41, 5.74) is -0.340. The largest absolute Gasteiger partial charge is 0.481 e. The van der Waals surface area contributed by atoms with E-state index >= 15 is 0 Å². The fourth-order valence-electron chi connectivity index (χ4n) is 5.00. The van der Waals surface area contributed by atoms with Crippen molar-refractivity contribution in [1.82, 2.24) is 26.6 Å². The summed E-state index contributed by atoms with van der Waals surface area (Å²) in [6.45, 7) is 9.21. The Bertz CT molecular complexity index is 1440. The second-order valence-electron chi connectivity index (χ2n) is 14.3. The van der Waals surface area contributed by atoms with E-state index in [9.17, 15) is 53.7 Å². The average molecular weight is 750 g/mol. The molecule has 0 bridgehead atoms. The van der Waals surface area contributed by atoms with E-state index in [-0.39, 0.29) is 50.5 Å². The van der Waals surface area contributed by atoms with E-state index in [1.807, 2.05) is 19.1 Å². The molecule has 17 heteroatoms. The summed E-state index contributed by atoms with van der Waals surface area (Å²) in [6.07, 6.45) is 1.41. The molecule has 296 valence electrons. The molecule has 0 radical (unpaired) electrons. The third-order valence-electron chi connectivity index (χ3n) is 8.79. The van der Waals surface area contributed by atoms with Crippen LogP contribution in [0.15, 0.2) is 24.3 Å². The summed E-state index contributed by atoms with van der Waals surface area (Å²) in [6, 6.07) is 2.05. The second kappa shape index (κ2) is 22.0. The van der Waals surface area contributed by atoms with Crippen LogP contribution in [0.3, 0.4) is 0 Å². The van der Waals surface area contributed by atoms with E-state index in [4.69, 9.17) is 5.11 Å². The Hall–Kier alpha value is -5.22. The van der Waals surface area contributed by atoms with Crippen LogP contribution in [0.2, 0.25) is 0 Å². The highest BCUT2D eigenvalue weighted by atomic mass is 16.4. The van der Waals surface area contributed by atoms with Crippen LogP contribution in [0.1, 0.15) is 108 Å². The van der Waals surface area contributed by atoms with E-state index in [2.05, 4.69) is 26.6 Å². The quantitative estimate of drug-likeness (QED) is 0.0653. The second-order valence-corrected chi connectivity index (χ2v) is 14.3. The first-order valence-electron chi connectivity index (χ1n) is 17.6. The van der Waals surface area contributed by atoms with Gasteiger partial charge in [-0.25, -0.2) is 19.2 Å². The van der Waals surface area contributed by atoms with Gasteiger partial charge in [0.05, 0.1) is 0 Å². The van der Waals surface area contributed by atoms with Gasteiger partial charge in [0.2, 0.25) is 11.8 Å². The SMILES string of the molecule is Cc1ccc(C(=O)NCCCCC(NC(=O)C(C)(C)CCC(C)(C)C(=O)NCCCC[C@H](NC(=O)NC(CCC(=O)O)C(=O)O)C(=O)O)C(=O)O)cc1. The lowest BCUT2D eigenvalue weighted by molar-refractivity contribution is -0.144. The van der Waals surface area contributed by atoms with Crippen molar-refractivity contribution in [3.05, 3.63) is 35.4 Å². The van der Waals surface area contributed by atoms with Crippen molar-refractivity contribution in [2.75, 3.05) is 13.1 Å². The molecule has 5 amide bonds. The minimum atomic E-state index is -1.52. The Morgan fingerprint density at radius 1 is 0.585 bits per heavy atom. The molecule has 0 spiro atoms. The zero-order valence-electron chi connectivity index (χ0n) is 31.1. The van der Waals surface area contributed by atoms with Crippen molar-refractivity contribution in [2.45, 2.75) is 117 Å². The molecule has 1 rings (SSSR count). The minimum Gasteiger partial charge on any atom is -0.481 e. The molecule has 0 fully saturated rings. The molecule has 0 heterocycles. The molecule has 2 unspecified atom stereocenters. The number of carboxylic acids is 4. The van der Waals surface area contributed by atoms with Crippen LogP contribution < -0.4 is 26.6 Å². The highest BCUT2D eigenvalue weighted by molar-refractivity contribution is 5.94. The van der Waals surface area contributed by atoms with E-state index < -0.39 is 71.2 Å². The van der Waals surface area contributed by atoms with Gasteiger partial charge in [-0.1, -0.05) is 45.4 Å². The molecule has 0 saturated heterocycles. The van der Waals surface area contributed by atoms with Gasteiger partial charge in [0, 0.05) is 35.9 Å². The number of carbonyl (C=O) groups excluding carboxylic acids is 4. The molecule has 1 aromatic rings. The van der Waals surface area contributed by atoms with Crippen LogP contribution in [-0.2, 0) is 28.8 Å². The lowest BCUT2D eigenvalue weighted by Gasteiger charge is -2.30. The topological polar surface area (TPSA) is 278 Å². The maximum absolute atomic E-state index is 13.1. The molecule has 0 saturated carbocycles. The summed E-state index contributed by atoms with van der Waals surface area (Å²) in [7, 11) is 0. The Morgan fingerprint density at radius 3 is 1.49 bits per heavy atom. The van der Waals surface area contributed by atoms with Crippen LogP contribution >= 0.6 is 0 Å². The van der Waals surface area contributed by atoms with Crippen LogP contribution in [0.25, 0.3) is 0 Å². The van der Waals surface area contributed by atoms with Gasteiger partial charge < -0.3 is 47.0 Å². The van der Waals surface area contributed by atoms with Gasteiger partial charge >= 0.3 is 29.9 Å². The summed E-state index contributed by atoms with van der Waals surface area (Å²) in [5, 5.41) is 49.5. The Labute approximate surface area is 309 Å². The third kappa shape index (κ3) is 17.7. The predicted octanol–water partition coefficient (Wildman–Crippen LogP) is 2.65.